The third-order valence-corrected chi connectivity index (χ3v) is 6.49. The van der Waals surface area contributed by atoms with Crippen molar-refractivity contribution < 1.29 is 9.47 Å². The van der Waals surface area contributed by atoms with Crippen LogP contribution in [0.4, 0.5) is 0 Å². The van der Waals surface area contributed by atoms with Gasteiger partial charge in [0.1, 0.15) is 0 Å². The topological polar surface area (TPSA) is 62.1 Å². The van der Waals surface area contributed by atoms with Gasteiger partial charge in [-0.3, -0.25) is 9.55 Å². The van der Waals surface area contributed by atoms with E-state index in [0.29, 0.717) is 17.3 Å². The number of ether oxygens (including phenoxy) is 2. The third-order valence-electron chi connectivity index (χ3n) is 4.77. The predicted molar refractivity (Wildman–Crippen MR) is 126 cm³/mol. The van der Waals surface area contributed by atoms with Crippen LogP contribution in [0, 0.1) is 6.92 Å². The smallest absolute Gasteiger partial charge is 0.196 e. The van der Waals surface area contributed by atoms with E-state index in [-0.39, 0.29) is 0 Å². The largest absolute Gasteiger partial charge is 0.493 e. The fourth-order valence-electron chi connectivity index (χ4n) is 3.13. The molecule has 0 aliphatic heterocycles. The Bertz CT molecular complexity index is 1180. The summed E-state index contributed by atoms with van der Waals surface area (Å²) >= 11 is 5.25. The molecule has 0 saturated heterocycles. The molecule has 158 valence electrons. The second-order valence-electron chi connectivity index (χ2n) is 6.80. The zero-order chi connectivity index (χ0) is 21.8. The lowest BCUT2D eigenvalue weighted by Gasteiger charge is -2.13. The van der Waals surface area contributed by atoms with Crippen molar-refractivity contribution >= 4 is 27.7 Å². The number of benzene rings is 2. The summed E-state index contributed by atoms with van der Waals surface area (Å²) in [6.45, 7) is 2.07. The van der Waals surface area contributed by atoms with Gasteiger partial charge in [-0.05, 0) is 48.9 Å². The van der Waals surface area contributed by atoms with Crippen LogP contribution in [0.2, 0.25) is 0 Å². The van der Waals surface area contributed by atoms with Crippen LogP contribution < -0.4 is 9.47 Å². The second kappa shape index (κ2) is 9.53. The van der Waals surface area contributed by atoms with Crippen LogP contribution >= 0.6 is 27.7 Å². The highest BCUT2D eigenvalue weighted by Crippen LogP contribution is 2.37. The minimum absolute atomic E-state index is 0.682. The lowest BCUT2D eigenvalue weighted by molar-refractivity contribution is 0.354. The molecule has 4 rings (SSSR count). The number of thioether (sulfide) groups is 1. The molecule has 2 heterocycles. The number of pyridine rings is 1. The molecule has 2 aromatic heterocycles. The fourth-order valence-corrected chi connectivity index (χ4v) is 4.72. The molecule has 31 heavy (non-hydrogen) atoms. The van der Waals surface area contributed by atoms with Crippen LogP contribution in [-0.2, 0) is 5.75 Å². The van der Waals surface area contributed by atoms with Gasteiger partial charge in [-0.25, -0.2) is 0 Å². The van der Waals surface area contributed by atoms with E-state index < -0.39 is 0 Å². The average Bonchev–Trinajstić information content (AvgIpc) is 3.23. The Morgan fingerprint density at radius 1 is 0.935 bits per heavy atom. The molecule has 2 aromatic carbocycles. The van der Waals surface area contributed by atoms with Crippen LogP contribution in [0.5, 0.6) is 11.5 Å². The summed E-state index contributed by atoms with van der Waals surface area (Å²) in [6.07, 6.45) is 3.52. The van der Waals surface area contributed by atoms with Crippen molar-refractivity contribution in [1.29, 1.82) is 0 Å². The molecule has 6 nitrogen and oxygen atoms in total. The van der Waals surface area contributed by atoms with E-state index in [0.717, 1.165) is 32.3 Å². The van der Waals surface area contributed by atoms with Gasteiger partial charge in [0, 0.05) is 33.9 Å². The molecular formula is C23H21BrN4O2S. The fraction of sp³-hybridized carbons (Fsp3) is 0.174. The Labute approximate surface area is 193 Å². The molecule has 0 spiro atoms. The number of hydrogen-bond acceptors (Lipinski definition) is 6. The van der Waals surface area contributed by atoms with Gasteiger partial charge in [0.05, 0.1) is 14.2 Å². The standard InChI is InChI=1S/C23H21BrN4O2S/c1-15-4-6-18(7-5-15)28-22(16-8-10-25-11-9-16)26-27-23(28)31-14-17-12-20(29-2)21(30-3)13-19(17)24/h4-13H,14H2,1-3H3. The highest BCUT2D eigenvalue weighted by atomic mass is 79.9. The van der Waals surface area contributed by atoms with E-state index in [4.69, 9.17) is 9.47 Å². The number of halogens is 1. The predicted octanol–water partition coefficient (Wildman–Crippen LogP) is 5.71. The van der Waals surface area contributed by atoms with Crippen molar-refractivity contribution in [3.8, 4) is 28.6 Å². The molecule has 0 unspecified atom stereocenters. The number of methoxy groups -OCH3 is 2. The van der Waals surface area contributed by atoms with E-state index in [9.17, 15) is 0 Å². The summed E-state index contributed by atoms with van der Waals surface area (Å²) < 4.78 is 13.9. The van der Waals surface area contributed by atoms with E-state index in [1.165, 1.54) is 5.56 Å². The van der Waals surface area contributed by atoms with Crippen LogP contribution in [0.15, 0.2) is 70.6 Å². The first kappa shape index (κ1) is 21.4. The zero-order valence-corrected chi connectivity index (χ0v) is 19.8. The first-order chi connectivity index (χ1) is 15.1. The summed E-state index contributed by atoms with van der Waals surface area (Å²) in [4.78, 5) is 4.12. The summed E-state index contributed by atoms with van der Waals surface area (Å²) in [5.41, 5.74) is 4.25. The molecule has 4 aromatic rings. The maximum atomic E-state index is 5.46. The molecule has 0 amide bonds. The monoisotopic (exact) mass is 496 g/mol. The van der Waals surface area contributed by atoms with E-state index in [1.54, 1.807) is 38.4 Å². The van der Waals surface area contributed by atoms with E-state index in [2.05, 4.69) is 66.9 Å². The molecule has 0 fully saturated rings. The van der Waals surface area contributed by atoms with Crippen LogP contribution in [0.3, 0.4) is 0 Å². The lowest BCUT2D eigenvalue weighted by atomic mass is 10.2. The van der Waals surface area contributed by atoms with Crippen LogP contribution in [-0.4, -0.2) is 34.0 Å². The van der Waals surface area contributed by atoms with Gasteiger partial charge in [0.25, 0.3) is 0 Å². The minimum Gasteiger partial charge on any atom is -0.493 e. The Hall–Kier alpha value is -2.84. The number of aromatic nitrogens is 4. The summed E-state index contributed by atoms with van der Waals surface area (Å²) in [6, 6.07) is 16.1. The normalized spacial score (nSPS) is 10.8. The lowest BCUT2D eigenvalue weighted by Crippen LogP contribution is -2.00. The van der Waals surface area contributed by atoms with Gasteiger partial charge in [-0.2, -0.15) is 0 Å². The highest BCUT2D eigenvalue weighted by molar-refractivity contribution is 9.10. The Morgan fingerprint density at radius 3 is 2.29 bits per heavy atom. The molecule has 0 aliphatic carbocycles. The maximum absolute atomic E-state index is 5.46. The Morgan fingerprint density at radius 2 is 1.61 bits per heavy atom. The minimum atomic E-state index is 0.682. The Balaban J connectivity index is 1.71. The van der Waals surface area contributed by atoms with E-state index >= 15 is 0 Å². The van der Waals surface area contributed by atoms with Crippen molar-refractivity contribution in [1.82, 2.24) is 19.7 Å². The molecule has 0 radical (unpaired) electrons. The molecule has 8 heteroatoms. The average molecular weight is 497 g/mol. The summed E-state index contributed by atoms with van der Waals surface area (Å²) in [5, 5.41) is 9.79. The molecule has 0 saturated carbocycles. The van der Waals surface area contributed by atoms with Gasteiger partial charge in [-0.1, -0.05) is 45.4 Å². The van der Waals surface area contributed by atoms with Gasteiger partial charge < -0.3 is 9.47 Å². The maximum Gasteiger partial charge on any atom is 0.196 e. The number of nitrogens with zero attached hydrogens (tertiary/aromatic N) is 4. The third kappa shape index (κ3) is 4.60. The van der Waals surface area contributed by atoms with E-state index in [1.807, 2.05) is 24.3 Å². The van der Waals surface area contributed by atoms with Crippen molar-refractivity contribution in [2.75, 3.05) is 14.2 Å². The zero-order valence-electron chi connectivity index (χ0n) is 17.4. The number of aryl methyl sites for hydroxylation is 1. The van der Waals surface area contributed by atoms with Crippen molar-refractivity contribution in [3.63, 3.8) is 0 Å². The van der Waals surface area contributed by atoms with Gasteiger partial charge >= 0.3 is 0 Å². The molecular weight excluding hydrogens is 476 g/mol. The van der Waals surface area contributed by atoms with Crippen molar-refractivity contribution in [2.45, 2.75) is 17.8 Å². The first-order valence-electron chi connectivity index (χ1n) is 9.56. The van der Waals surface area contributed by atoms with Crippen LogP contribution in [0.1, 0.15) is 11.1 Å². The van der Waals surface area contributed by atoms with Crippen molar-refractivity contribution in [2.24, 2.45) is 0 Å². The van der Waals surface area contributed by atoms with Gasteiger partial charge in [-0.15, -0.1) is 10.2 Å². The second-order valence-corrected chi connectivity index (χ2v) is 8.60. The molecule has 0 bridgehead atoms. The molecule has 0 aliphatic rings. The van der Waals surface area contributed by atoms with Gasteiger partial charge in [0.15, 0.2) is 22.5 Å². The summed E-state index contributed by atoms with van der Waals surface area (Å²) in [7, 11) is 3.26. The van der Waals surface area contributed by atoms with Crippen molar-refractivity contribution in [3.05, 3.63) is 76.5 Å². The Kier molecular flexibility index (Phi) is 6.58. The number of rotatable bonds is 7. The quantitative estimate of drug-likeness (QED) is 0.305. The van der Waals surface area contributed by atoms with Gasteiger partial charge in [0.2, 0.25) is 0 Å². The SMILES string of the molecule is COc1cc(Br)c(CSc2nnc(-c3ccncc3)n2-c2ccc(C)cc2)cc1OC. The first-order valence-corrected chi connectivity index (χ1v) is 11.3. The molecule has 0 atom stereocenters. The summed E-state index contributed by atoms with van der Waals surface area (Å²) in [5.74, 6) is 2.84. The highest BCUT2D eigenvalue weighted by Gasteiger charge is 2.17. The van der Waals surface area contributed by atoms with Crippen LogP contribution in [0.25, 0.3) is 17.1 Å². The molecule has 0 N–H and O–H groups in total. The number of hydrogen-bond donors (Lipinski definition) is 0.